The monoisotopic (exact) mass is 220 g/mol. The molecule has 1 aromatic heterocycles. The molecule has 0 aromatic carbocycles. The molecule has 0 bridgehead atoms. The minimum atomic E-state index is 0.433. The first-order valence-corrected chi connectivity index (χ1v) is 5.86. The molecular formula is C12H20N4. The first-order valence-electron chi connectivity index (χ1n) is 5.86. The molecule has 1 aliphatic rings. The highest BCUT2D eigenvalue weighted by Crippen LogP contribution is 2.27. The van der Waals surface area contributed by atoms with Gasteiger partial charge in [-0.2, -0.15) is 0 Å². The van der Waals surface area contributed by atoms with Gasteiger partial charge >= 0.3 is 0 Å². The lowest BCUT2D eigenvalue weighted by Crippen LogP contribution is -2.41. The summed E-state index contributed by atoms with van der Waals surface area (Å²) in [5, 5.41) is 0. The van der Waals surface area contributed by atoms with Crippen molar-refractivity contribution >= 4 is 17.3 Å². The molecular weight excluding hydrogens is 200 g/mol. The number of hydrogen-bond acceptors (Lipinski definition) is 4. The van der Waals surface area contributed by atoms with Gasteiger partial charge in [0, 0.05) is 12.6 Å². The molecule has 88 valence electrons. The van der Waals surface area contributed by atoms with E-state index in [4.69, 9.17) is 11.5 Å². The van der Waals surface area contributed by atoms with Gasteiger partial charge in [0.05, 0.1) is 5.69 Å². The van der Waals surface area contributed by atoms with Crippen molar-refractivity contribution < 1.29 is 0 Å². The summed E-state index contributed by atoms with van der Waals surface area (Å²) in [4.78, 5) is 6.68. The molecule has 4 heteroatoms. The molecule has 0 aliphatic carbocycles. The van der Waals surface area contributed by atoms with E-state index in [0.29, 0.717) is 17.5 Å². The number of nitrogen functional groups attached to an aromatic ring is 2. The van der Waals surface area contributed by atoms with Crippen molar-refractivity contribution in [1.82, 2.24) is 4.98 Å². The number of nitrogens with two attached hydrogens (primary N) is 2. The minimum absolute atomic E-state index is 0.433. The second kappa shape index (κ2) is 4.20. The van der Waals surface area contributed by atoms with Crippen LogP contribution in [0.4, 0.5) is 17.3 Å². The number of rotatable bonds is 1. The third-order valence-electron chi connectivity index (χ3n) is 3.35. The maximum atomic E-state index is 5.74. The van der Waals surface area contributed by atoms with Gasteiger partial charge in [-0.15, -0.1) is 0 Å². The summed E-state index contributed by atoms with van der Waals surface area (Å²) in [5.41, 5.74) is 12.0. The quantitative estimate of drug-likeness (QED) is 0.758. The Kier molecular flexibility index (Phi) is 2.90. The maximum absolute atomic E-state index is 5.74. The summed E-state index contributed by atoms with van der Waals surface area (Å²) in [7, 11) is 0. The Morgan fingerprint density at radius 3 is 2.69 bits per heavy atom. The van der Waals surface area contributed by atoms with Crippen LogP contribution in [0.3, 0.4) is 0 Å². The first-order chi connectivity index (χ1) is 7.58. The van der Waals surface area contributed by atoms with Crippen molar-refractivity contribution in [2.75, 3.05) is 22.9 Å². The van der Waals surface area contributed by atoms with E-state index in [9.17, 15) is 0 Å². The highest BCUT2D eigenvalue weighted by atomic mass is 15.2. The molecule has 0 amide bonds. The Bertz CT molecular complexity index is 377. The van der Waals surface area contributed by atoms with Crippen LogP contribution in [0.2, 0.25) is 0 Å². The number of aromatic nitrogens is 1. The molecule has 1 saturated heterocycles. The average Bonchev–Trinajstić information content (AvgIpc) is 2.26. The van der Waals surface area contributed by atoms with Crippen LogP contribution < -0.4 is 16.4 Å². The van der Waals surface area contributed by atoms with Crippen molar-refractivity contribution in [3.05, 3.63) is 12.1 Å². The van der Waals surface area contributed by atoms with E-state index in [0.717, 1.165) is 18.3 Å². The number of nitrogens with zero attached hydrogens (tertiary/aromatic N) is 2. The van der Waals surface area contributed by atoms with Crippen LogP contribution in [0.5, 0.6) is 0 Å². The van der Waals surface area contributed by atoms with Gasteiger partial charge in [0.15, 0.2) is 0 Å². The molecule has 2 unspecified atom stereocenters. The lowest BCUT2D eigenvalue weighted by Gasteiger charge is -2.37. The minimum Gasteiger partial charge on any atom is -0.396 e. The van der Waals surface area contributed by atoms with Gasteiger partial charge in [0.2, 0.25) is 0 Å². The van der Waals surface area contributed by atoms with Crippen LogP contribution in [-0.2, 0) is 0 Å². The van der Waals surface area contributed by atoms with Crippen LogP contribution in [0, 0.1) is 5.92 Å². The summed E-state index contributed by atoms with van der Waals surface area (Å²) in [6, 6.07) is 4.33. The molecule has 0 saturated carbocycles. The molecule has 16 heavy (non-hydrogen) atoms. The van der Waals surface area contributed by atoms with Crippen LogP contribution >= 0.6 is 0 Å². The zero-order chi connectivity index (χ0) is 11.7. The molecule has 4 N–H and O–H groups in total. The van der Waals surface area contributed by atoms with Crippen LogP contribution in [0.15, 0.2) is 12.1 Å². The number of pyridine rings is 1. The highest BCUT2D eigenvalue weighted by molar-refractivity contribution is 5.62. The fourth-order valence-corrected chi connectivity index (χ4v) is 2.24. The fraction of sp³-hybridized carbons (Fsp3) is 0.583. The van der Waals surface area contributed by atoms with E-state index in [1.165, 1.54) is 12.8 Å². The number of anilines is 3. The zero-order valence-electron chi connectivity index (χ0n) is 9.98. The maximum Gasteiger partial charge on any atom is 0.149 e. The van der Waals surface area contributed by atoms with Crippen molar-refractivity contribution in [3.63, 3.8) is 0 Å². The van der Waals surface area contributed by atoms with Gasteiger partial charge < -0.3 is 16.4 Å². The van der Waals surface area contributed by atoms with Crippen molar-refractivity contribution in [2.24, 2.45) is 5.92 Å². The Morgan fingerprint density at radius 1 is 1.25 bits per heavy atom. The van der Waals surface area contributed by atoms with Crippen LogP contribution in [0.1, 0.15) is 26.7 Å². The Labute approximate surface area is 96.6 Å². The van der Waals surface area contributed by atoms with E-state index in [-0.39, 0.29) is 0 Å². The van der Waals surface area contributed by atoms with E-state index in [2.05, 4.69) is 23.7 Å². The van der Waals surface area contributed by atoms with Crippen molar-refractivity contribution in [1.29, 1.82) is 0 Å². The molecule has 1 fully saturated rings. The standard InChI is InChI=1S/C12H20N4/c1-8-3-4-9(2)16(7-8)11-6-5-10(13)12(14)15-11/h5-6,8-9H,3-4,7,13H2,1-2H3,(H2,14,15). The third kappa shape index (κ3) is 2.05. The molecule has 0 radical (unpaired) electrons. The second-order valence-corrected chi connectivity index (χ2v) is 4.83. The first kappa shape index (κ1) is 11.0. The lowest BCUT2D eigenvalue weighted by atomic mass is 9.95. The number of hydrogen-bond donors (Lipinski definition) is 2. The lowest BCUT2D eigenvalue weighted by molar-refractivity contribution is 0.388. The van der Waals surface area contributed by atoms with Crippen LogP contribution in [-0.4, -0.2) is 17.6 Å². The highest BCUT2D eigenvalue weighted by Gasteiger charge is 2.24. The van der Waals surface area contributed by atoms with Gasteiger partial charge in [-0.3, -0.25) is 0 Å². The smallest absolute Gasteiger partial charge is 0.149 e. The van der Waals surface area contributed by atoms with Gasteiger partial charge in [0.25, 0.3) is 0 Å². The van der Waals surface area contributed by atoms with Crippen molar-refractivity contribution in [2.45, 2.75) is 32.7 Å². The summed E-state index contributed by atoms with van der Waals surface area (Å²) >= 11 is 0. The SMILES string of the molecule is CC1CCC(C)N(c2ccc(N)c(N)n2)C1. The van der Waals surface area contributed by atoms with Gasteiger partial charge in [0.1, 0.15) is 11.6 Å². The van der Waals surface area contributed by atoms with Gasteiger partial charge in [-0.05, 0) is 37.8 Å². The second-order valence-electron chi connectivity index (χ2n) is 4.83. The molecule has 2 heterocycles. The molecule has 2 rings (SSSR count). The van der Waals surface area contributed by atoms with E-state index in [1.807, 2.05) is 12.1 Å². The van der Waals surface area contributed by atoms with E-state index < -0.39 is 0 Å². The topological polar surface area (TPSA) is 68.2 Å². The summed E-state index contributed by atoms with van der Waals surface area (Å²) in [6.07, 6.45) is 2.51. The Morgan fingerprint density at radius 2 is 2.00 bits per heavy atom. The fourth-order valence-electron chi connectivity index (χ4n) is 2.24. The predicted octanol–water partition coefficient (Wildman–Crippen LogP) is 1.87. The predicted molar refractivity (Wildman–Crippen MR) is 68.3 cm³/mol. The molecule has 0 spiro atoms. The largest absolute Gasteiger partial charge is 0.396 e. The van der Waals surface area contributed by atoms with E-state index >= 15 is 0 Å². The van der Waals surface area contributed by atoms with Crippen LogP contribution in [0.25, 0.3) is 0 Å². The average molecular weight is 220 g/mol. The summed E-state index contributed by atoms with van der Waals surface area (Å²) < 4.78 is 0. The molecule has 2 atom stereocenters. The van der Waals surface area contributed by atoms with Gasteiger partial charge in [-0.1, -0.05) is 6.92 Å². The zero-order valence-corrected chi connectivity index (χ0v) is 9.98. The Hall–Kier alpha value is -1.45. The van der Waals surface area contributed by atoms with Gasteiger partial charge in [-0.25, -0.2) is 4.98 Å². The third-order valence-corrected chi connectivity index (χ3v) is 3.35. The molecule has 4 nitrogen and oxygen atoms in total. The summed E-state index contributed by atoms with van der Waals surface area (Å²) in [6.45, 7) is 5.57. The Balaban J connectivity index is 2.24. The normalized spacial score (nSPS) is 25.8. The molecule has 1 aliphatic heterocycles. The number of piperidine rings is 1. The van der Waals surface area contributed by atoms with Crippen molar-refractivity contribution in [3.8, 4) is 0 Å². The van der Waals surface area contributed by atoms with E-state index in [1.54, 1.807) is 0 Å². The molecule has 1 aromatic rings. The summed E-state index contributed by atoms with van der Waals surface area (Å²) in [5.74, 6) is 2.10.